The molecule has 1 aromatic heterocycles. The van der Waals surface area contributed by atoms with E-state index in [1.807, 2.05) is 0 Å². The minimum atomic E-state index is -4.80. The minimum Gasteiger partial charge on any atom is -0.375 e. The summed E-state index contributed by atoms with van der Waals surface area (Å²) in [7, 11) is -1.97. The number of methoxy groups -OCH3 is 1. The first kappa shape index (κ1) is 24.0. The van der Waals surface area contributed by atoms with Gasteiger partial charge in [-0.15, -0.1) is 0 Å². The van der Waals surface area contributed by atoms with E-state index in [4.69, 9.17) is 23.2 Å². The lowest BCUT2D eigenvalue weighted by atomic mass is 10.2. The topological polar surface area (TPSA) is 97.0 Å². The summed E-state index contributed by atoms with van der Waals surface area (Å²) in [6.07, 6.45) is -4.80. The number of alkyl halides is 5. The predicted octanol–water partition coefficient (Wildman–Crippen LogP) is 3.98. The van der Waals surface area contributed by atoms with Crippen molar-refractivity contribution in [2.75, 3.05) is 19.0 Å². The molecule has 0 fully saturated rings. The lowest BCUT2D eigenvalue weighted by Gasteiger charge is -2.15. The van der Waals surface area contributed by atoms with Gasteiger partial charge in [0.05, 0.1) is 15.6 Å². The molecule has 2 rings (SSSR count). The Morgan fingerprint density at radius 3 is 2.37 bits per heavy atom. The highest BCUT2D eigenvalue weighted by Gasteiger charge is 2.34. The van der Waals surface area contributed by atoms with E-state index in [1.165, 1.54) is 6.07 Å². The predicted molar refractivity (Wildman–Crippen MR) is 96.2 cm³/mol. The number of hydrogen-bond donors (Lipinski definition) is 1. The average Bonchev–Trinajstić information content (AvgIpc) is 2.97. The van der Waals surface area contributed by atoms with Gasteiger partial charge in [0.15, 0.2) is 11.5 Å². The quantitative estimate of drug-likeness (QED) is 0.617. The van der Waals surface area contributed by atoms with Gasteiger partial charge in [0, 0.05) is 7.11 Å². The molecule has 1 heterocycles. The van der Waals surface area contributed by atoms with Crippen molar-refractivity contribution in [1.29, 1.82) is 5.26 Å². The first-order chi connectivity index (χ1) is 13.9. The molecule has 0 aliphatic carbocycles. The number of carbonyl (C=O) groups excluding carboxylic acids is 1. The summed E-state index contributed by atoms with van der Waals surface area (Å²) >= 11 is 11.8. The maximum atomic E-state index is 13.1. The van der Waals surface area contributed by atoms with Gasteiger partial charge in [0.25, 0.3) is 5.91 Å². The second-order valence-electron chi connectivity index (χ2n) is 5.38. The van der Waals surface area contributed by atoms with Crippen LogP contribution >= 0.6 is 23.2 Å². The Morgan fingerprint density at radius 2 is 1.93 bits per heavy atom. The SMILES string of the molecule is COCC(=O)Nc1c(S(=O)C(F)F)c(C#N)nn1-c1c(Cl)cc(C(F)(F)F)cc1Cl. The number of halogens is 7. The second kappa shape index (κ2) is 9.25. The molecular formula is C15H9Cl2F5N4O3S. The maximum absolute atomic E-state index is 13.1. The molecule has 15 heteroatoms. The smallest absolute Gasteiger partial charge is 0.375 e. The van der Waals surface area contributed by atoms with Gasteiger partial charge in [-0.25, -0.2) is 8.89 Å². The zero-order valence-corrected chi connectivity index (χ0v) is 16.9. The van der Waals surface area contributed by atoms with Crippen LogP contribution in [0.5, 0.6) is 0 Å². The third-order valence-corrected chi connectivity index (χ3v) is 5.09. The summed E-state index contributed by atoms with van der Waals surface area (Å²) in [5.41, 5.74) is -2.46. The molecule has 1 unspecified atom stereocenters. The van der Waals surface area contributed by atoms with Crippen molar-refractivity contribution in [3.63, 3.8) is 0 Å². The Labute approximate surface area is 177 Å². The Morgan fingerprint density at radius 1 is 1.37 bits per heavy atom. The standard InChI is InChI=1S/C15H9Cl2F5N4O3S/c1-29-5-10(27)24-13-12(30(28)14(18)19)9(4-23)25-26(13)11-7(16)2-6(3-8(11)17)15(20,21)22/h2-3,14H,5H2,1H3,(H,24,27). The number of aromatic nitrogens is 2. The van der Waals surface area contributed by atoms with Crippen molar-refractivity contribution in [3.05, 3.63) is 33.4 Å². The summed E-state index contributed by atoms with van der Waals surface area (Å²) in [4.78, 5) is 11.1. The molecule has 1 atom stereocenters. The number of nitrogens with one attached hydrogen (secondary N) is 1. The molecule has 7 nitrogen and oxygen atoms in total. The van der Waals surface area contributed by atoms with Gasteiger partial charge in [0.1, 0.15) is 34.1 Å². The van der Waals surface area contributed by atoms with Gasteiger partial charge in [-0.1, -0.05) is 23.2 Å². The van der Waals surface area contributed by atoms with E-state index < -0.39 is 73.0 Å². The molecular weight excluding hydrogens is 482 g/mol. The Balaban J connectivity index is 2.82. The van der Waals surface area contributed by atoms with Gasteiger partial charge < -0.3 is 10.1 Å². The van der Waals surface area contributed by atoms with Crippen molar-refractivity contribution in [2.45, 2.75) is 16.8 Å². The number of rotatable bonds is 6. The third kappa shape index (κ3) is 4.89. The minimum absolute atomic E-state index is 0.465. The maximum Gasteiger partial charge on any atom is 0.416 e. The molecule has 0 saturated heterocycles. The highest BCUT2D eigenvalue weighted by Crippen LogP contribution is 2.40. The number of hydrogen-bond acceptors (Lipinski definition) is 5. The fourth-order valence-electron chi connectivity index (χ4n) is 2.26. The average molecular weight is 491 g/mol. The van der Waals surface area contributed by atoms with E-state index in [2.05, 4.69) is 15.2 Å². The normalized spacial score (nSPS) is 12.7. The largest absolute Gasteiger partial charge is 0.416 e. The van der Waals surface area contributed by atoms with Crippen LogP contribution in [-0.2, 0) is 26.5 Å². The van der Waals surface area contributed by atoms with Crippen LogP contribution in [-0.4, -0.2) is 39.4 Å². The molecule has 0 radical (unpaired) electrons. The fraction of sp³-hybridized carbons (Fsp3) is 0.267. The number of anilines is 1. The van der Waals surface area contributed by atoms with Crippen molar-refractivity contribution < 1.29 is 35.7 Å². The number of ether oxygens (including phenoxy) is 1. The molecule has 2 aromatic rings. The zero-order chi connectivity index (χ0) is 22.8. The molecule has 0 bridgehead atoms. The zero-order valence-electron chi connectivity index (χ0n) is 14.6. The molecule has 0 aliphatic rings. The van der Waals surface area contributed by atoms with Crippen LogP contribution in [0.4, 0.5) is 27.8 Å². The molecule has 0 spiro atoms. The van der Waals surface area contributed by atoms with Gasteiger partial charge in [-0.05, 0) is 12.1 Å². The van der Waals surface area contributed by atoms with Crippen molar-refractivity contribution in [1.82, 2.24) is 9.78 Å². The van der Waals surface area contributed by atoms with Crippen molar-refractivity contribution >= 4 is 45.7 Å². The van der Waals surface area contributed by atoms with E-state index >= 15 is 0 Å². The van der Waals surface area contributed by atoms with E-state index in [9.17, 15) is 36.2 Å². The highest BCUT2D eigenvalue weighted by molar-refractivity contribution is 7.85. The van der Waals surface area contributed by atoms with Gasteiger partial charge in [0.2, 0.25) is 0 Å². The number of nitriles is 1. The Kier molecular flexibility index (Phi) is 7.40. The summed E-state index contributed by atoms with van der Waals surface area (Å²) in [6.45, 7) is -0.567. The van der Waals surface area contributed by atoms with Gasteiger partial charge in [-0.3, -0.25) is 4.79 Å². The van der Waals surface area contributed by atoms with Crippen molar-refractivity contribution in [3.8, 4) is 11.8 Å². The second-order valence-corrected chi connectivity index (χ2v) is 7.55. The monoisotopic (exact) mass is 490 g/mol. The van der Waals surface area contributed by atoms with Crippen LogP contribution in [0, 0.1) is 11.3 Å². The van der Waals surface area contributed by atoms with Crippen LogP contribution in [0.25, 0.3) is 5.69 Å². The van der Waals surface area contributed by atoms with E-state index in [0.717, 1.165) is 7.11 Å². The number of nitrogens with zero attached hydrogens (tertiary/aromatic N) is 3. The summed E-state index contributed by atoms with van der Waals surface area (Å²) in [5.74, 6) is -5.07. The first-order valence-corrected chi connectivity index (χ1v) is 9.46. The number of carbonyl (C=O) groups is 1. The van der Waals surface area contributed by atoms with E-state index in [1.54, 1.807) is 0 Å². The summed E-state index contributed by atoms with van der Waals surface area (Å²) < 4.78 is 82.3. The molecule has 30 heavy (non-hydrogen) atoms. The van der Waals surface area contributed by atoms with Crippen LogP contribution in [0.2, 0.25) is 10.0 Å². The summed E-state index contributed by atoms with van der Waals surface area (Å²) in [5, 5.41) is 13.7. The molecule has 1 aromatic carbocycles. The lowest BCUT2D eigenvalue weighted by molar-refractivity contribution is -0.137. The van der Waals surface area contributed by atoms with E-state index in [0.29, 0.717) is 16.8 Å². The van der Waals surface area contributed by atoms with Crippen LogP contribution in [0.3, 0.4) is 0 Å². The molecule has 162 valence electrons. The van der Waals surface area contributed by atoms with E-state index in [-0.39, 0.29) is 0 Å². The Bertz CT molecular complexity index is 1030. The molecule has 1 amide bonds. The number of benzene rings is 1. The third-order valence-electron chi connectivity index (χ3n) is 3.40. The highest BCUT2D eigenvalue weighted by atomic mass is 35.5. The number of amides is 1. The molecule has 1 N–H and O–H groups in total. The lowest BCUT2D eigenvalue weighted by Crippen LogP contribution is -2.21. The molecule has 0 saturated carbocycles. The van der Waals surface area contributed by atoms with Crippen molar-refractivity contribution in [2.24, 2.45) is 0 Å². The Hall–Kier alpha value is -2.27. The molecule has 0 aliphatic heterocycles. The fourth-order valence-corrected chi connectivity index (χ4v) is 3.69. The van der Waals surface area contributed by atoms with Gasteiger partial charge >= 0.3 is 11.9 Å². The van der Waals surface area contributed by atoms with Crippen LogP contribution in [0.15, 0.2) is 17.0 Å². The summed E-state index contributed by atoms with van der Waals surface area (Å²) in [6, 6.07) is 2.41. The van der Waals surface area contributed by atoms with Crippen LogP contribution < -0.4 is 5.32 Å². The van der Waals surface area contributed by atoms with Crippen LogP contribution in [0.1, 0.15) is 11.3 Å². The first-order valence-electron chi connectivity index (χ1n) is 7.49. The van der Waals surface area contributed by atoms with Gasteiger partial charge in [-0.2, -0.15) is 32.3 Å².